The number of nitrogens with one attached hydrogen (secondary N) is 1. The maximum absolute atomic E-state index is 13.3. The van der Waals surface area contributed by atoms with Gasteiger partial charge in [0.25, 0.3) is 18.1 Å². The summed E-state index contributed by atoms with van der Waals surface area (Å²) in [6, 6.07) is 5.50. The Labute approximate surface area is 217 Å². The molecule has 3 atom stereocenters. The van der Waals surface area contributed by atoms with Crippen LogP contribution in [0, 0.1) is 0 Å². The fraction of sp³-hybridized carbons (Fsp3) is 0.273. The first-order chi connectivity index (χ1) is 17.8. The Morgan fingerprint density at radius 1 is 1.35 bits per heavy atom. The number of esters is 2. The normalized spacial score (nSPS) is 22.7. The summed E-state index contributed by atoms with van der Waals surface area (Å²) < 4.78 is 15.9. The minimum absolute atomic E-state index is 0.0372. The molecule has 0 radical (unpaired) electrons. The summed E-state index contributed by atoms with van der Waals surface area (Å²) in [7, 11) is 1.45. The molecule has 15 heteroatoms. The number of fused-ring (bicyclic) bond motifs is 2. The Hall–Kier alpha value is -3.95. The molecule has 1 aromatic heterocycles. The van der Waals surface area contributed by atoms with Crippen molar-refractivity contribution in [1.82, 2.24) is 15.2 Å². The molecule has 37 heavy (non-hydrogen) atoms. The van der Waals surface area contributed by atoms with Crippen molar-refractivity contribution in [2.75, 3.05) is 25.2 Å². The zero-order valence-corrected chi connectivity index (χ0v) is 20.7. The minimum atomic E-state index is -1.26. The number of rotatable bonds is 7. The molecule has 0 saturated carbocycles. The summed E-state index contributed by atoms with van der Waals surface area (Å²) in [6.45, 7) is 0.0541. The average Bonchev–Trinajstić information content (AvgIpc) is 3.45. The van der Waals surface area contributed by atoms with Crippen molar-refractivity contribution in [2.24, 2.45) is 5.16 Å². The van der Waals surface area contributed by atoms with Crippen LogP contribution in [0.3, 0.4) is 0 Å². The van der Waals surface area contributed by atoms with Gasteiger partial charge in [0, 0.05) is 23.8 Å². The fourth-order valence-corrected chi connectivity index (χ4v) is 6.00. The summed E-state index contributed by atoms with van der Waals surface area (Å²) >= 11 is 2.37. The first kappa shape index (κ1) is 24.7. The van der Waals surface area contributed by atoms with Gasteiger partial charge in [0.05, 0.1) is 12.2 Å². The Balaban J connectivity index is 1.34. The van der Waals surface area contributed by atoms with E-state index in [1.165, 1.54) is 29.2 Å². The highest BCUT2D eigenvalue weighted by Gasteiger charge is 2.55. The Morgan fingerprint density at radius 3 is 2.84 bits per heavy atom. The maximum Gasteiger partial charge on any atom is 0.358 e. The van der Waals surface area contributed by atoms with Crippen LogP contribution in [0.15, 0.2) is 46.1 Å². The fourth-order valence-electron chi connectivity index (χ4n) is 4.13. The highest BCUT2D eigenvalue weighted by molar-refractivity contribution is 8.00. The van der Waals surface area contributed by atoms with Gasteiger partial charge in [0.2, 0.25) is 0 Å². The molecule has 13 nitrogen and oxygen atoms in total. The summed E-state index contributed by atoms with van der Waals surface area (Å²) in [6.07, 6.45) is -1.26. The molecule has 2 aromatic rings. The summed E-state index contributed by atoms with van der Waals surface area (Å²) in [4.78, 5) is 56.4. The predicted octanol–water partition coefficient (Wildman–Crippen LogP) is 0.616. The molecular weight excluding hydrogens is 526 g/mol. The van der Waals surface area contributed by atoms with E-state index in [1.807, 2.05) is 0 Å². The highest BCUT2D eigenvalue weighted by Crippen LogP contribution is 2.42. The monoisotopic (exact) mass is 545 g/mol. The maximum atomic E-state index is 13.3. The number of anilines is 1. The SMILES string of the molecule is COCC1=C(C(=O)OC2OC(=O)c3ccccc32)N2C(=O)C(NC(=O)C(=NO)c3csc(N)n3)[C@H]2SC1. The zero-order chi connectivity index (χ0) is 26.3. The smallest absolute Gasteiger partial charge is 0.358 e. The van der Waals surface area contributed by atoms with E-state index in [4.69, 9.17) is 19.9 Å². The number of amides is 2. The number of hydrogen-bond donors (Lipinski definition) is 3. The predicted molar refractivity (Wildman–Crippen MR) is 129 cm³/mol. The molecule has 1 saturated heterocycles. The third-order valence-corrected chi connectivity index (χ3v) is 7.80. The van der Waals surface area contributed by atoms with Crippen molar-refractivity contribution in [3.63, 3.8) is 0 Å². The van der Waals surface area contributed by atoms with Gasteiger partial charge in [-0.1, -0.05) is 23.4 Å². The number of carbonyl (C=O) groups excluding carboxylic acids is 4. The van der Waals surface area contributed by atoms with E-state index in [0.29, 0.717) is 16.9 Å². The molecule has 0 spiro atoms. The van der Waals surface area contributed by atoms with E-state index in [9.17, 15) is 24.4 Å². The molecule has 3 aliphatic heterocycles. The highest BCUT2D eigenvalue weighted by atomic mass is 32.2. The first-order valence-electron chi connectivity index (χ1n) is 10.7. The van der Waals surface area contributed by atoms with Gasteiger partial charge in [-0.2, -0.15) is 0 Å². The molecule has 0 bridgehead atoms. The van der Waals surface area contributed by atoms with Crippen LogP contribution >= 0.6 is 23.1 Å². The van der Waals surface area contributed by atoms with E-state index in [0.717, 1.165) is 11.3 Å². The lowest BCUT2D eigenvalue weighted by Crippen LogP contribution is -2.71. The molecule has 3 aliphatic rings. The van der Waals surface area contributed by atoms with Crippen molar-refractivity contribution in [2.45, 2.75) is 17.7 Å². The molecule has 4 N–H and O–H groups in total. The summed E-state index contributed by atoms with van der Waals surface area (Å²) in [5.74, 6) is -2.60. The van der Waals surface area contributed by atoms with Gasteiger partial charge < -0.3 is 30.5 Å². The number of benzene rings is 1. The average molecular weight is 546 g/mol. The lowest BCUT2D eigenvalue weighted by Gasteiger charge is -2.49. The van der Waals surface area contributed by atoms with Gasteiger partial charge in [-0.3, -0.25) is 14.5 Å². The van der Waals surface area contributed by atoms with Crippen LogP contribution < -0.4 is 11.1 Å². The number of nitrogen functional groups attached to an aromatic ring is 1. The Kier molecular flexibility index (Phi) is 6.57. The van der Waals surface area contributed by atoms with Gasteiger partial charge in [0.15, 0.2) is 10.8 Å². The second-order valence-electron chi connectivity index (χ2n) is 8.00. The van der Waals surface area contributed by atoms with Crippen molar-refractivity contribution in [3.8, 4) is 0 Å². The van der Waals surface area contributed by atoms with E-state index in [1.54, 1.807) is 24.3 Å². The molecule has 192 valence electrons. The van der Waals surface area contributed by atoms with Crippen LogP contribution in [0.2, 0.25) is 0 Å². The number of cyclic esters (lactones) is 1. The quantitative estimate of drug-likeness (QED) is 0.146. The summed E-state index contributed by atoms with van der Waals surface area (Å²) in [5, 5.41) is 15.8. The topological polar surface area (TPSA) is 183 Å². The number of hydrogen-bond acceptors (Lipinski definition) is 13. The number of nitrogens with two attached hydrogens (primary N) is 1. The number of oxime groups is 1. The first-order valence-corrected chi connectivity index (χ1v) is 12.7. The van der Waals surface area contributed by atoms with Gasteiger partial charge in [0.1, 0.15) is 22.8 Å². The number of thiazole rings is 1. The number of methoxy groups -OCH3 is 1. The second kappa shape index (κ2) is 9.84. The van der Waals surface area contributed by atoms with Gasteiger partial charge in [-0.05, 0) is 11.6 Å². The standard InChI is InChI=1S/C22H19N5O8S2/c1-33-6-9-7-36-18-14(25-16(28)13(26-32)12-8-37-22(23)24-12)17(29)27(18)15(9)20(31)35-21-11-5-3-2-4-10(11)19(30)34-21/h2-5,8,14,18,21,32H,6-7H2,1H3,(H2,23,24)(H,25,28)/t14?,18-,21?/m1/s1. The van der Waals surface area contributed by atoms with Crippen molar-refractivity contribution < 1.29 is 38.6 Å². The van der Waals surface area contributed by atoms with Crippen LogP contribution in [0.4, 0.5) is 5.13 Å². The molecule has 0 aliphatic carbocycles. The van der Waals surface area contributed by atoms with Crippen LogP contribution in [0.25, 0.3) is 0 Å². The van der Waals surface area contributed by atoms with E-state index in [-0.39, 0.29) is 28.7 Å². The lowest BCUT2D eigenvalue weighted by molar-refractivity contribution is -0.168. The Bertz CT molecular complexity index is 1370. The van der Waals surface area contributed by atoms with Crippen LogP contribution in [0.5, 0.6) is 0 Å². The second-order valence-corrected chi connectivity index (χ2v) is 9.99. The van der Waals surface area contributed by atoms with Crippen LogP contribution in [0.1, 0.15) is 27.9 Å². The third-order valence-electron chi connectivity index (χ3n) is 5.79. The molecule has 4 heterocycles. The van der Waals surface area contributed by atoms with E-state index < -0.39 is 47.2 Å². The van der Waals surface area contributed by atoms with Crippen molar-refractivity contribution in [3.05, 3.63) is 57.7 Å². The molecule has 1 aromatic carbocycles. The van der Waals surface area contributed by atoms with Crippen molar-refractivity contribution in [1.29, 1.82) is 0 Å². The van der Waals surface area contributed by atoms with Crippen molar-refractivity contribution >= 4 is 57.7 Å². The van der Waals surface area contributed by atoms with Crippen LogP contribution in [-0.4, -0.2) is 75.4 Å². The zero-order valence-electron chi connectivity index (χ0n) is 19.1. The number of aromatic nitrogens is 1. The number of ether oxygens (including phenoxy) is 3. The minimum Gasteiger partial charge on any atom is -0.417 e. The number of β-lactam (4-membered cyclic amide) rings is 1. The third kappa shape index (κ3) is 4.30. The lowest BCUT2D eigenvalue weighted by atomic mass is 10.0. The summed E-state index contributed by atoms with van der Waals surface area (Å²) in [5.41, 5.74) is 6.38. The Morgan fingerprint density at radius 2 is 2.14 bits per heavy atom. The number of nitrogens with zero attached hydrogens (tertiary/aromatic N) is 3. The number of carbonyl (C=O) groups is 4. The number of thioether (sulfide) groups is 1. The van der Waals surface area contributed by atoms with Gasteiger partial charge in [-0.15, -0.1) is 23.1 Å². The molecular formula is C22H19N5O8S2. The van der Waals surface area contributed by atoms with Gasteiger partial charge >= 0.3 is 11.9 Å². The molecule has 5 rings (SSSR count). The molecule has 1 fully saturated rings. The largest absolute Gasteiger partial charge is 0.417 e. The molecule has 2 unspecified atom stereocenters. The molecule has 2 amide bonds. The van der Waals surface area contributed by atoms with E-state index in [2.05, 4.69) is 15.5 Å². The van der Waals surface area contributed by atoms with E-state index >= 15 is 0 Å². The van der Waals surface area contributed by atoms with Gasteiger partial charge in [-0.25, -0.2) is 14.6 Å². The van der Waals surface area contributed by atoms with Crippen LogP contribution in [-0.2, 0) is 28.6 Å².